The first-order valence-electron chi connectivity index (χ1n) is 10.3. The van der Waals surface area contributed by atoms with Gasteiger partial charge in [0.25, 0.3) is 0 Å². The van der Waals surface area contributed by atoms with Crippen molar-refractivity contribution in [3.63, 3.8) is 0 Å². The lowest BCUT2D eigenvalue weighted by Gasteiger charge is -2.12. The second-order valence-electron chi connectivity index (χ2n) is 6.26. The van der Waals surface area contributed by atoms with Crippen molar-refractivity contribution >= 4 is 30.1 Å². The van der Waals surface area contributed by atoms with Gasteiger partial charge in [-0.1, -0.05) is 12.8 Å². The van der Waals surface area contributed by atoms with Crippen molar-refractivity contribution in [2.24, 2.45) is 5.73 Å². The van der Waals surface area contributed by atoms with Crippen LogP contribution in [0.25, 0.3) is 0 Å². The molecule has 0 aliphatic rings. The molecule has 8 nitrogen and oxygen atoms in total. The molecule has 0 saturated carbocycles. The summed E-state index contributed by atoms with van der Waals surface area (Å²) in [5.74, 6) is 0.701. The summed E-state index contributed by atoms with van der Waals surface area (Å²) in [5.41, 5.74) is 5.20. The Morgan fingerprint density at radius 3 is 1.66 bits per heavy atom. The number of nitrogens with two attached hydrogens (primary N) is 1. The molecular weight excluding hydrogens is 420 g/mol. The van der Waals surface area contributed by atoms with Gasteiger partial charge in [-0.2, -0.15) is 12.6 Å². The summed E-state index contributed by atoms with van der Waals surface area (Å²) >= 11 is 9.67. The first-order chi connectivity index (χ1) is 14.2. The first-order valence-corrected chi connectivity index (χ1v) is 11.5. The van der Waals surface area contributed by atoms with E-state index in [2.05, 4.69) is 17.9 Å². The molecule has 1 amide bonds. The normalized spacial score (nSPS) is 12.3. The maximum atomic E-state index is 11.0. The minimum Gasteiger partial charge on any atom is -0.379 e. The number of ether oxygens (including phenoxy) is 5. The Morgan fingerprint density at radius 1 is 0.759 bits per heavy atom. The molecule has 0 heterocycles. The van der Waals surface area contributed by atoms with E-state index in [0.717, 1.165) is 25.3 Å². The van der Waals surface area contributed by atoms with E-state index in [1.54, 1.807) is 0 Å². The molecule has 0 aromatic heterocycles. The zero-order valence-electron chi connectivity index (χ0n) is 17.5. The topological polar surface area (TPSA) is 101 Å². The summed E-state index contributed by atoms with van der Waals surface area (Å²) in [6, 6.07) is -0.428. The van der Waals surface area contributed by atoms with Crippen LogP contribution in [0.3, 0.4) is 0 Å². The van der Waals surface area contributed by atoms with Gasteiger partial charge in [0.05, 0.1) is 65.5 Å². The van der Waals surface area contributed by atoms with Crippen LogP contribution in [0, 0.1) is 0 Å². The minimum absolute atomic E-state index is 0.368. The van der Waals surface area contributed by atoms with Crippen molar-refractivity contribution in [3.8, 4) is 0 Å². The van der Waals surface area contributed by atoms with Crippen LogP contribution < -0.4 is 11.1 Å². The third-order valence-electron chi connectivity index (χ3n) is 3.82. The van der Waals surface area contributed by atoms with E-state index < -0.39 is 11.9 Å². The van der Waals surface area contributed by atoms with Crippen molar-refractivity contribution in [1.82, 2.24) is 5.32 Å². The number of nitrogens with one attached hydrogen (secondary N) is 1. The zero-order valence-corrected chi connectivity index (χ0v) is 19.1. The molecule has 0 radical (unpaired) electrons. The van der Waals surface area contributed by atoms with Gasteiger partial charge in [-0.3, -0.25) is 4.79 Å². The van der Waals surface area contributed by atoms with E-state index in [-0.39, 0.29) is 0 Å². The van der Waals surface area contributed by atoms with Crippen molar-refractivity contribution < 1.29 is 28.5 Å². The Kier molecular flexibility index (Phi) is 24.0. The molecule has 0 aliphatic carbocycles. The summed E-state index contributed by atoms with van der Waals surface area (Å²) in [5, 5.41) is 2.97. The van der Waals surface area contributed by atoms with Gasteiger partial charge in [0, 0.05) is 24.8 Å². The molecule has 29 heavy (non-hydrogen) atoms. The summed E-state index contributed by atoms with van der Waals surface area (Å²) < 4.78 is 27.1. The van der Waals surface area contributed by atoms with Gasteiger partial charge in [-0.15, -0.1) is 11.6 Å². The maximum Gasteiger partial charge on any atom is 0.235 e. The van der Waals surface area contributed by atoms with Crippen molar-refractivity contribution in [1.29, 1.82) is 0 Å². The number of hydrogen-bond donors (Lipinski definition) is 3. The number of halogens is 1. The fraction of sp³-hybridized carbons (Fsp3) is 0.947. The number of primary amides is 1. The fourth-order valence-corrected chi connectivity index (χ4v) is 2.69. The third kappa shape index (κ3) is 22.4. The lowest BCUT2D eigenvalue weighted by molar-refractivity contribution is -0.119. The molecule has 10 heteroatoms. The number of unbranched alkanes of at least 4 members (excludes halogenated alkanes) is 3. The molecule has 0 spiro atoms. The molecule has 0 rings (SSSR count). The van der Waals surface area contributed by atoms with E-state index in [4.69, 9.17) is 41.0 Å². The highest BCUT2D eigenvalue weighted by Gasteiger charge is 2.11. The number of alkyl halides is 1. The maximum absolute atomic E-state index is 11.0. The second-order valence-corrected chi connectivity index (χ2v) is 7.00. The van der Waals surface area contributed by atoms with Gasteiger partial charge < -0.3 is 34.7 Å². The number of thiol groups is 1. The van der Waals surface area contributed by atoms with Crippen LogP contribution in [0.5, 0.6) is 0 Å². The summed E-state index contributed by atoms with van der Waals surface area (Å²) in [6.07, 6.45) is 4.50. The monoisotopic (exact) mass is 458 g/mol. The predicted molar refractivity (Wildman–Crippen MR) is 118 cm³/mol. The van der Waals surface area contributed by atoms with Gasteiger partial charge in [0.1, 0.15) is 0 Å². The van der Waals surface area contributed by atoms with Crippen LogP contribution in [-0.2, 0) is 28.5 Å². The van der Waals surface area contributed by atoms with Gasteiger partial charge in [-0.25, -0.2) is 0 Å². The molecule has 1 atom stereocenters. The molecule has 174 valence electrons. The van der Waals surface area contributed by atoms with Gasteiger partial charge in [-0.05, 0) is 12.8 Å². The van der Waals surface area contributed by atoms with Gasteiger partial charge in [0.15, 0.2) is 0 Å². The van der Waals surface area contributed by atoms with E-state index in [1.165, 1.54) is 12.8 Å². The lowest BCUT2D eigenvalue weighted by atomic mass is 10.2. The molecule has 0 aliphatic heterocycles. The van der Waals surface area contributed by atoms with Crippen LogP contribution in [0.4, 0.5) is 0 Å². The summed E-state index contributed by atoms with van der Waals surface area (Å²) in [4.78, 5) is 11.0. The highest BCUT2D eigenvalue weighted by molar-refractivity contribution is 7.80. The van der Waals surface area contributed by atoms with Gasteiger partial charge >= 0.3 is 0 Å². The molecule has 0 aromatic carbocycles. The molecule has 0 fully saturated rings. The highest BCUT2D eigenvalue weighted by Crippen LogP contribution is 2.01. The van der Waals surface area contributed by atoms with Crippen molar-refractivity contribution in [2.45, 2.75) is 31.7 Å². The van der Waals surface area contributed by atoms with Crippen molar-refractivity contribution in [2.75, 3.05) is 84.2 Å². The van der Waals surface area contributed by atoms with E-state index in [0.29, 0.717) is 71.8 Å². The third-order valence-corrected chi connectivity index (χ3v) is 4.46. The number of carbonyl (C=O) groups excluding carboxylic acids is 1. The molecule has 3 N–H and O–H groups in total. The Hall–Kier alpha value is -0.130. The molecule has 0 bridgehead atoms. The standard InChI is InChI=1S/C19H39ClN2O6S/c20-5-3-1-2-4-7-24-9-11-26-13-15-28-16-14-27-12-10-25-8-6-22-18(17-29)19(21)23/h18,22,29H,1-17H2,(H2,21,23)/t18-/m0/s1. The predicted octanol–water partition coefficient (Wildman–Crippen LogP) is 1.24. The average Bonchev–Trinajstić information content (AvgIpc) is 2.71. The second kappa shape index (κ2) is 24.1. The van der Waals surface area contributed by atoms with E-state index in [9.17, 15) is 4.79 Å². The van der Waals surface area contributed by atoms with Crippen molar-refractivity contribution in [3.05, 3.63) is 0 Å². The Morgan fingerprint density at radius 2 is 1.21 bits per heavy atom. The number of amides is 1. The highest BCUT2D eigenvalue weighted by atomic mass is 35.5. The number of rotatable bonds is 24. The lowest BCUT2D eigenvalue weighted by Crippen LogP contribution is -2.44. The fourth-order valence-electron chi connectivity index (χ4n) is 2.19. The number of hydrogen-bond acceptors (Lipinski definition) is 8. The SMILES string of the molecule is NC(=O)[C@H](CS)NCCOCCOCCOCCOCCOCCCCCCCl. The molecule has 0 saturated heterocycles. The van der Waals surface area contributed by atoms with E-state index >= 15 is 0 Å². The largest absolute Gasteiger partial charge is 0.379 e. The quantitative estimate of drug-likeness (QED) is 0.114. The summed E-state index contributed by atoms with van der Waals surface area (Å²) in [6.45, 7) is 6.10. The average molecular weight is 459 g/mol. The molecule has 0 aromatic rings. The first kappa shape index (κ1) is 28.9. The Bertz CT molecular complexity index is 359. The van der Waals surface area contributed by atoms with Crippen LogP contribution in [0.2, 0.25) is 0 Å². The number of carbonyl (C=O) groups is 1. The molecular formula is C19H39ClN2O6S. The van der Waals surface area contributed by atoms with Crippen LogP contribution in [0.15, 0.2) is 0 Å². The van der Waals surface area contributed by atoms with E-state index in [1.807, 2.05) is 0 Å². The Balaban J connectivity index is 3.09. The van der Waals surface area contributed by atoms with Crippen LogP contribution in [0.1, 0.15) is 25.7 Å². The zero-order chi connectivity index (χ0) is 21.4. The smallest absolute Gasteiger partial charge is 0.235 e. The minimum atomic E-state index is -0.428. The molecule has 0 unspecified atom stereocenters. The summed E-state index contributed by atoms with van der Waals surface area (Å²) in [7, 11) is 0. The Labute approximate surface area is 185 Å². The van der Waals surface area contributed by atoms with Gasteiger partial charge in [0.2, 0.25) is 5.91 Å². The van der Waals surface area contributed by atoms with Crippen LogP contribution in [-0.4, -0.2) is 96.2 Å². The van der Waals surface area contributed by atoms with Crippen LogP contribution >= 0.6 is 24.2 Å².